The van der Waals surface area contributed by atoms with Crippen LogP contribution in [0, 0.1) is 0 Å². The topological polar surface area (TPSA) is 47.9 Å². The van der Waals surface area contributed by atoms with Crippen molar-refractivity contribution < 1.29 is 19.3 Å². The van der Waals surface area contributed by atoms with Crippen LogP contribution in [0.1, 0.15) is 12.0 Å². The highest BCUT2D eigenvalue weighted by Crippen LogP contribution is 2.32. The first-order valence-corrected chi connectivity index (χ1v) is 7.26. The normalized spacial score (nSPS) is 30.7. The van der Waals surface area contributed by atoms with Crippen molar-refractivity contribution in [3.63, 3.8) is 0 Å². The lowest BCUT2D eigenvalue weighted by atomic mass is 10.1. The lowest BCUT2D eigenvalue weighted by Gasteiger charge is -2.19. The van der Waals surface area contributed by atoms with Crippen LogP contribution in [0.25, 0.3) is 0 Å². The third-order valence-corrected chi connectivity index (χ3v) is 4.29. The first-order valence-electron chi connectivity index (χ1n) is 6.35. The fourth-order valence-electron chi connectivity index (χ4n) is 2.17. The monoisotopic (exact) mass is 330 g/mol. The molecule has 0 aliphatic carbocycles. The number of benzene rings is 1. The number of aliphatic hydroxyl groups excluding tert-OH is 1. The average Bonchev–Trinajstić information content (AvgIpc) is 2.74. The van der Waals surface area contributed by atoms with Crippen molar-refractivity contribution in [1.29, 1.82) is 0 Å². The molecular formula is C14H19BrO4. The molecule has 0 spiro atoms. The zero-order valence-corrected chi connectivity index (χ0v) is 12.5. The summed E-state index contributed by atoms with van der Waals surface area (Å²) in [7, 11) is 1.60. The van der Waals surface area contributed by atoms with Gasteiger partial charge in [0.05, 0.1) is 17.5 Å². The highest BCUT2D eigenvalue weighted by molar-refractivity contribution is 9.09. The summed E-state index contributed by atoms with van der Waals surface area (Å²) in [6.45, 7) is 0.608. The molecule has 1 heterocycles. The fraction of sp³-hybridized carbons (Fsp3) is 0.571. The SMILES string of the molecule is CO[C@@H]1O[C@@H](CCO)[C@H](Br)[C@H]1OCc1ccccc1. The van der Waals surface area contributed by atoms with E-state index in [1.165, 1.54) is 0 Å². The predicted molar refractivity (Wildman–Crippen MR) is 75.1 cm³/mol. The molecule has 4 nitrogen and oxygen atoms in total. The molecule has 0 radical (unpaired) electrons. The molecule has 0 bridgehead atoms. The van der Waals surface area contributed by atoms with Gasteiger partial charge in [0.15, 0.2) is 6.29 Å². The summed E-state index contributed by atoms with van der Waals surface area (Å²) in [6.07, 6.45) is -0.0943. The van der Waals surface area contributed by atoms with Crippen molar-refractivity contribution in [2.75, 3.05) is 13.7 Å². The predicted octanol–water partition coefficient (Wildman–Crippen LogP) is 2.09. The van der Waals surface area contributed by atoms with E-state index in [9.17, 15) is 0 Å². The average molecular weight is 331 g/mol. The van der Waals surface area contributed by atoms with Crippen LogP contribution in [0.4, 0.5) is 0 Å². The van der Waals surface area contributed by atoms with E-state index < -0.39 is 6.29 Å². The highest BCUT2D eigenvalue weighted by Gasteiger charge is 2.43. The van der Waals surface area contributed by atoms with Crippen LogP contribution in [0.2, 0.25) is 0 Å². The smallest absolute Gasteiger partial charge is 0.184 e. The van der Waals surface area contributed by atoms with E-state index in [4.69, 9.17) is 19.3 Å². The van der Waals surface area contributed by atoms with Gasteiger partial charge in [-0.15, -0.1) is 0 Å². The standard InChI is InChI=1S/C14H19BrO4/c1-17-14-13(12(15)11(19-14)7-8-16)18-9-10-5-3-2-4-6-10/h2-6,11-14,16H,7-9H2,1H3/t11-,12-,13+,14+/m0/s1. The molecular weight excluding hydrogens is 312 g/mol. The fourth-order valence-corrected chi connectivity index (χ4v) is 2.96. The van der Waals surface area contributed by atoms with Crippen LogP contribution in [0.3, 0.4) is 0 Å². The van der Waals surface area contributed by atoms with E-state index in [2.05, 4.69) is 15.9 Å². The molecule has 106 valence electrons. The van der Waals surface area contributed by atoms with Gasteiger partial charge in [0, 0.05) is 13.7 Å². The number of hydrogen-bond acceptors (Lipinski definition) is 4. The maximum Gasteiger partial charge on any atom is 0.184 e. The van der Waals surface area contributed by atoms with Crippen molar-refractivity contribution in [1.82, 2.24) is 0 Å². The van der Waals surface area contributed by atoms with Crippen LogP contribution in [-0.2, 0) is 20.8 Å². The molecule has 1 N–H and O–H groups in total. The zero-order chi connectivity index (χ0) is 13.7. The molecule has 0 amide bonds. The van der Waals surface area contributed by atoms with Gasteiger partial charge >= 0.3 is 0 Å². The third-order valence-electron chi connectivity index (χ3n) is 3.18. The summed E-state index contributed by atoms with van der Waals surface area (Å²) in [4.78, 5) is 0.0216. The summed E-state index contributed by atoms with van der Waals surface area (Å²) in [5.41, 5.74) is 1.11. The molecule has 0 aromatic heterocycles. The van der Waals surface area contributed by atoms with Gasteiger partial charge in [-0.25, -0.2) is 0 Å². The van der Waals surface area contributed by atoms with Crippen LogP contribution >= 0.6 is 15.9 Å². The second-order valence-electron chi connectivity index (χ2n) is 4.50. The Morgan fingerprint density at radius 1 is 1.32 bits per heavy atom. The molecule has 1 saturated heterocycles. The Balaban J connectivity index is 1.94. The van der Waals surface area contributed by atoms with E-state index in [1.807, 2.05) is 30.3 Å². The summed E-state index contributed by atoms with van der Waals surface area (Å²) in [5.74, 6) is 0. The minimum atomic E-state index is -0.398. The van der Waals surface area contributed by atoms with E-state index in [0.717, 1.165) is 5.56 Å². The first-order chi connectivity index (χ1) is 9.26. The Morgan fingerprint density at radius 2 is 2.05 bits per heavy atom. The molecule has 1 fully saturated rings. The second kappa shape index (κ2) is 7.36. The van der Waals surface area contributed by atoms with Crippen molar-refractivity contribution in [3.05, 3.63) is 35.9 Å². The maximum absolute atomic E-state index is 9.02. The number of halogens is 1. The van der Waals surface area contributed by atoms with Gasteiger partial charge in [0.25, 0.3) is 0 Å². The van der Waals surface area contributed by atoms with Crippen molar-refractivity contribution in [3.8, 4) is 0 Å². The van der Waals surface area contributed by atoms with Gasteiger partial charge in [0.2, 0.25) is 0 Å². The first kappa shape index (κ1) is 14.9. The Morgan fingerprint density at radius 3 is 2.68 bits per heavy atom. The van der Waals surface area contributed by atoms with Gasteiger partial charge in [-0.1, -0.05) is 46.3 Å². The van der Waals surface area contributed by atoms with Crippen molar-refractivity contribution in [2.24, 2.45) is 0 Å². The summed E-state index contributed by atoms with van der Waals surface area (Å²) in [5, 5.41) is 9.02. The number of alkyl halides is 1. The number of aliphatic hydroxyl groups is 1. The van der Waals surface area contributed by atoms with E-state index in [0.29, 0.717) is 13.0 Å². The Labute approximate surface area is 121 Å². The van der Waals surface area contributed by atoms with Crippen molar-refractivity contribution >= 4 is 15.9 Å². The maximum atomic E-state index is 9.02. The molecule has 5 heteroatoms. The van der Waals surface area contributed by atoms with Crippen LogP contribution in [0.15, 0.2) is 30.3 Å². The number of rotatable bonds is 6. The Kier molecular flexibility index (Phi) is 5.78. The lowest BCUT2D eigenvalue weighted by Crippen LogP contribution is -2.32. The molecule has 1 aromatic rings. The Hall–Kier alpha value is -0.460. The molecule has 2 rings (SSSR count). The van der Waals surface area contributed by atoms with Crippen LogP contribution in [0.5, 0.6) is 0 Å². The van der Waals surface area contributed by atoms with Gasteiger partial charge < -0.3 is 19.3 Å². The molecule has 1 aliphatic heterocycles. The van der Waals surface area contributed by atoms with Gasteiger partial charge in [-0.2, -0.15) is 0 Å². The second-order valence-corrected chi connectivity index (χ2v) is 5.55. The van der Waals surface area contributed by atoms with Crippen LogP contribution < -0.4 is 0 Å². The van der Waals surface area contributed by atoms with E-state index in [1.54, 1.807) is 7.11 Å². The molecule has 1 aromatic carbocycles. The summed E-state index contributed by atoms with van der Waals surface area (Å²) in [6, 6.07) is 9.98. The largest absolute Gasteiger partial charge is 0.396 e. The third kappa shape index (κ3) is 3.77. The highest BCUT2D eigenvalue weighted by atomic mass is 79.9. The quantitative estimate of drug-likeness (QED) is 0.811. The van der Waals surface area contributed by atoms with Crippen molar-refractivity contribution in [2.45, 2.75) is 36.4 Å². The number of hydrogen-bond donors (Lipinski definition) is 1. The molecule has 0 unspecified atom stereocenters. The van der Waals surface area contributed by atoms with Crippen LogP contribution in [-0.4, -0.2) is 42.1 Å². The molecule has 0 saturated carbocycles. The minimum Gasteiger partial charge on any atom is -0.396 e. The molecule has 4 atom stereocenters. The zero-order valence-electron chi connectivity index (χ0n) is 10.9. The van der Waals surface area contributed by atoms with E-state index in [-0.39, 0.29) is 23.6 Å². The van der Waals surface area contributed by atoms with E-state index >= 15 is 0 Å². The summed E-state index contributed by atoms with van der Waals surface area (Å²) >= 11 is 3.59. The van der Waals surface area contributed by atoms with Gasteiger partial charge in [-0.3, -0.25) is 0 Å². The van der Waals surface area contributed by atoms with Gasteiger partial charge in [0.1, 0.15) is 6.10 Å². The Bertz CT molecular complexity index is 373. The summed E-state index contributed by atoms with van der Waals surface area (Å²) < 4.78 is 16.9. The molecule has 19 heavy (non-hydrogen) atoms. The lowest BCUT2D eigenvalue weighted by molar-refractivity contribution is -0.164. The minimum absolute atomic E-state index is 0.0216. The number of methoxy groups -OCH3 is 1. The van der Waals surface area contributed by atoms with Gasteiger partial charge in [-0.05, 0) is 12.0 Å². The molecule has 1 aliphatic rings. The number of ether oxygens (including phenoxy) is 3.